The molecular weight excluding hydrogens is 412 g/mol. The fourth-order valence-corrected chi connectivity index (χ4v) is 3.83. The van der Waals surface area contributed by atoms with Crippen molar-refractivity contribution in [2.45, 2.75) is 32.4 Å². The zero-order valence-corrected chi connectivity index (χ0v) is 18.1. The second-order valence-electron chi connectivity index (χ2n) is 7.11. The Labute approximate surface area is 185 Å². The Morgan fingerprint density at radius 1 is 0.968 bits per heavy atom. The van der Waals surface area contributed by atoms with Crippen LogP contribution >= 0.6 is 11.3 Å². The van der Waals surface area contributed by atoms with Crippen molar-refractivity contribution in [3.8, 4) is 0 Å². The predicted octanol–water partition coefficient (Wildman–Crippen LogP) is 4.55. The molecule has 0 saturated heterocycles. The van der Waals surface area contributed by atoms with Crippen LogP contribution in [-0.2, 0) is 19.1 Å². The number of hydrogen-bond acceptors (Lipinski definition) is 5. The Morgan fingerprint density at radius 3 is 2.29 bits per heavy atom. The van der Waals surface area contributed by atoms with Gasteiger partial charge in [0.1, 0.15) is 0 Å². The van der Waals surface area contributed by atoms with Crippen LogP contribution in [-0.4, -0.2) is 17.8 Å². The highest BCUT2D eigenvalue weighted by Gasteiger charge is 2.27. The van der Waals surface area contributed by atoms with Gasteiger partial charge in [0.25, 0.3) is 5.91 Å². The summed E-state index contributed by atoms with van der Waals surface area (Å²) in [5.74, 6) is -1.28. The smallest absolute Gasteiger partial charge is 0.309 e. The number of anilines is 1. The molecule has 1 aromatic heterocycles. The molecule has 7 heteroatoms. The number of benzene rings is 2. The number of nitrogens with one attached hydrogen (secondary N) is 2. The largest absolute Gasteiger partial charge is 0.447 e. The molecule has 3 aromatic rings. The van der Waals surface area contributed by atoms with Crippen molar-refractivity contribution in [1.82, 2.24) is 5.32 Å². The first-order chi connectivity index (χ1) is 14.9. The summed E-state index contributed by atoms with van der Waals surface area (Å²) in [5.41, 5.74) is 2.25. The third-order valence-electron chi connectivity index (χ3n) is 4.54. The molecule has 0 saturated carbocycles. The van der Waals surface area contributed by atoms with Gasteiger partial charge in [0.2, 0.25) is 12.0 Å². The van der Waals surface area contributed by atoms with Crippen LogP contribution in [0.3, 0.4) is 0 Å². The number of aryl methyl sites for hydroxylation is 1. The summed E-state index contributed by atoms with van der Waals surface area (Å²) >= 11 is 1.44. The highest BCUT2D eigenvalue weighted by atomic mass is 32.1. The zero-order chi connectivity index (χ0) is 22.2. The Bertz CT molecular complexity index is 1020. The molecule has 2 amide bonds. The van der Waals surface area contributed by atoms with E-state index in [1.54, 1.807) is 36.4 Å². The van der Waals surface area contributed by atoms with Crippen LogP contribution in [0, 0.1) is 6.92 Å². The molecule has 6 nitrogen and oxygen atoms in total. The average molecular weight is 437 g/mol. The van der Waals surface area contributed by atoms with Crippen LogP contribution in [0.2, 0.25) is 0 Å². The van der Waals surface area contributed by atoms with Crippen LogP contribution in [0.15, 0.2) is 72.1 Å². The lowest BCUT2D eigenvalue weighted by Crippen LogP contribution is -2.30. The number of amides is 2. The van der Waals surface area contributed by atoms with Gasteiger partial charge in [-0.1, -0.05) is 54.1 Å². The minimum absolute atomic E-state index is 0.0821. The molecule has 2 N–H and O–H groups in total. The van der Waals surface area contributed by atoms with Crippen molar-refractivity contribution in [2.75, 3.05) is 5.32 Å². The van der Waals surface area contributed by atoms with Gasteiger partial charge in [-0.15, -0.1) is 11.3 Å². The predicted molar refractivity (Wildman–Crippen MR) is 121 cm³/mol. The first-order valence-corrected chi connectivity index (χ1v) is 10.7. The number of thiophene rings is 1. The van der Waals surface area contributed by atoms with Crippen LogP contribution in [0.1, 0.15) is 41.5 Å². The van der Waals surface area contributed by atoms with Gasteiger partial charge in [0.05, 0.1) is 12.5 Å². The number of carbonyl (C=O) groups excluding carboxylic acids is 3. The van der Waals surface area contributed by atoms with Crippen LogP contribution in [0.25, 0.3) is 0 Å². The number of hydrogen-bond donors (Lipinski definition) is 2. The number of ether oxygens (including phenoxy) is 1. The van der Waals surface area contributed by atoms with Crippen molar-refractivity contribution in [1.29, 1.82) is 0 Å². The summed E-state index contributed by atoms with van der Waals surface area (Å²) in [7, 11) is 0. The molecule has 31 heavy (non-hydrogen) atoms. The number of esters is 1. The summed E-state index contributed by atoms with van der Waals surface area (Å²) in [5, 5.41) is 7.45. The fourth-order valence-electron chi connectivity index (χ4n) is 3.05. The maximum absolute atomic E-state index is 13.0. The van der Waals surface area contributed by atoms with Gasteiger partial charge >= 0.3 is 5.97 Å². The lowest BCUT2D eigenvalue weighted by Gasteiger charge is -2.20. The van der Waals surface area contributed by atoms with E-state index in [1.807, 2.05) is 42.6 Å². The first kappa shape index (κ1) is 22.2. The number of carbonyl (C=O) groups is 3. The molecule has 0 aliphatic carbocycles. The molecule has 0 aliphatic rings. The van der Waals surface area contributed by atoms with Crippen molar-refractivity contribution < 1.29 is 19.1 Å². The molecule has 0 radical (unpaired) electrons. The van der Waals surface area contributed by atoms with E-state index in [1.165, 1.54) is 18.3 Å². The summed E-state index contributed by atoms with van der Waals surface area (Å²) < 4.78 is 5.61. The zero-order valence-electron chi connectivity index (χ0n) is 17.3. The molecule has 0 spiro atoms. The van der Waals surface area contributed by atoms with Crippen molar-refractivity contribution in [3.63, 3.8) is 0 Å². The summed E-state index contributed by atoms with van der Waals surface area (Å²) in [4.78, 5) is 38.2. The lowest BCUT2D eigenvalue weighted by atomic mass is 10.1. The molecule has 160 valence electrons. The van der Waals surface area contributed by atoms with Crippen molar-refractivity contribution in [2.24, 2.45) is 0 Å². The minimum Gasteiger partial charge on any atom is -0.447 e. The lowest BCUT2D eigenvalue weighted by molar-refractivity contribution is -0.155. The normalized spacial score (nSPS) is 12.5. The molecular formula is C24H24N2O4S. The SMILES string of the molecule is CC(=O)NC(CC(=O)OC(C(=O)Nc1ccc(C)cc1)c1ccccc1)c1cccs1. The van der Waals surface area contributed by atoms with E-state index in [0.717, 1.165) is 10.4 Å². The van der Waals surface area contributed by atoms with Crippen molar-refractivity contribution in [3.05, 3.63) is 88.1 Å². The van der Waals surface area contributed by atoms with Crippen LogP contribution in [0.5, 0.6) is 0 Å². The van der Waals surface area contributed by atoms with E-state index in [2.05, 4.69) is 10.6 Å². The maximum Gasteiger partial charge on any atom is 0.309 e. The standard InChI is InChI=1S/C24H24N2O4S/c1-16-10-12-19(13-11-16)26-24(29)23(18-7-4-3-5-8-18)30-22(28)15-20(25-17(2)27)21-9-6-14-31-21/h3-14,20,23H,15H2,1-2H3,(H,25,27)(H,26,29). The monoisotopic (exact) mass is 436 g/mol. The first-order valence-electron chi connectivity index (χ1n) is 9.85. The third kappa shape index (κ3) is 6.52. The quantitative estimate of drug-likeness (QED) is 0.508. The molecule has 2 aromatic carbocycles. The van der Waals surface area contributed by atoms with Crippen LogP contribution < -0.4 is 10.6 Å². The van der Waals surface area contributed by atoms with Crippen molar-refractivity contribution >= 4 is 34.8 Å². The fraction of sp³-hybridized carbons (Fsp3) is 0.208. The Balaban J connectivity index is 1.76. The Hall–Kier alpha value is -3.45. The van der Waals surface area contributed by atoms with Crippen LogP contribution in [0.4, 0.5) is 5.69 Å². The molecule has 0 aliphatic heterocycles. The van der Waals surface area contributed by atoms with E-state index in [-0.39, 0.29) is 12.3 Å². The van der Waals surface area contributed by atoms with E-state index >= 15 is 0 Å². The van der Waals surface area contributed by atoms with E-state index < -0.39 is 24.0 Å². The highest BCUT2D eigenvalue weighted by molar-refractivity contribution is 7.10. The van der Waals surface area contributed by atoms with E-state index in [0.29, 0.717) is 11.3 Å². The molecule has 2 unspecified atom stereocenters. The Kier molecular flexibility index (Phi) is 7.56. The second kappa shape index (κ2) is 10.5. The maximum atomic E-state index is 13.0. The molecule has 3 rings (SSSR count). The molecule has 2 atom stereocenters. The molecule has 0 fully saturated rings. The third-order valence-corrected chi connectivity index (χ3v) is 5.53. The average Bonchev–Trinajstić information content (AvgIpc) is 3.28. The van der Waals surface area contributed by atoms with Gasteiger partial charge in [0, 0.05) is 23.1 Å². The van der Waals surface area contributed by atoms with Gasteiger partial charge in [-0.3, -0.25) is 14.4 Å². The topological polar surface area (TPSA) is 84.5 Å². The van der Waals surface area contributed by atoms with E-state index in [9.17, 15) is 14.4 Å². The summed E-state index contributed by atoms with van der Waals surface area (Å²) in [6.45, 7) is 3.35. The summed E-state index contributed by atoms with van der Waals surface area (Å²) in [6, 6.07) is 19.4. The van der Waals surface area contributed by atoms with Gasteiger partial charge < -0.3 is 15.4 Å². The van der Waals surface area contributed by atoms with E-state index in [4.69, 9.17) is 4.74 Å². The van der Waals surface area contributed by atoms with Gasteiger partial charge in [-0.25, -0.2) is 0 Å². The minimum atomic E-state index is -1.11. The highest BCUT2D eigenvalue weighted by Crippen LogP contribution is 2.26. The second-order valence-corrected chi connectivity index (χ2v) is 8.09. The summed E-state index contributed by atoms with van der Waals surface area (Å²) in [6.07, 6.45) is -1.20. The Morgan fingerprint density at radius 2 is 1.68 bits per heavy atom. The number of rotatable bonds is 8. The van der Waals surface area contributed by atoms with Gasteiger partial charge in [0.15, 0.2) is 0 Å². The van der Waals surface area contributed by atoms with Gasteiger partial charge in [-0.05, 0) is 30.5 Å². The molecule has 0 bridgehead atoms. The molecule has 1 heterocycles. The van der Waals surface area contributed by atoms with Gasteiger partial charge in [-0.2, -0.15) is 0 Å².